The summed E-state index contributed by atoms with van der Waals surface area (Å²) in [5.74, 6) is -0.309. The maximum Gasteiger partial charge on any atom is 0.416 e. The van der Waals surface area contributed by atoms with Gasteiger partial charge in [-0.1, -0.05) is 18.7 Å². The third-order valence-electron chi connectivity index (χ3n) is 3.71. The van der Waals surface area contributed by atoms with Gasteiger partial charge in [-0.05, 0) is 42.0 Å². The molecule has 0 aliphatic rings. The maximum atomic E-state index is 12.6. The highest BCUT2D eigenvalue weighted by Crippen LogP contribution is 2.29. The molecule has 3 aromatic rings. The number of rotatable bonds is 4. The first-order valence-electron chi connectivity index (χ1n) is 7.42. The van der Waals surface area contributed by atoms with E-state index < -0.39 is 11.7 Å². The summed E-state index contributed by atoms with van der Waals surface area (Å²) >= 11 is 0. The largest absolute Gasteiger partial charge is 0.416 e. The minimum absolute atomic E-state index is 0.309. The number of halogens is 3. The Morgan fingerprint density at radius 3 is 2.56 bits per heavy atom. The van der Waals surface area contributed by atoms with Gasteiger partial charge in [-0.15, -0.1) is 0 Å². The SMILES string of the molecule is C=CC(=O)Nc1ccc2c(cnn2Cc2ccc(C(F)(F)F)cc2)c1. The molecule has 0 saturated heterocycles. The number of hydrogen-bond acceptors (Lipinski definition) is 2. The Bertz CT molecular complexity index is 927. The standard InChI is InChI=1S/C18H14F3N3O/c1-2-17(25)23-15-7-8-16-13(9-15)10-22-24(16)11-12-3-5-14(6-4-12)18(19,20)21/h2-10H,1,11H2,(H,23,25). The molecule has 0 bridgehead atoms. The lowest BCUT2D eigenvalue weighted by Crippen LogP contribution is -2.07. The van der Waals surface area contributed by atoms with Crippen LogP contribution in [0.4, 0.5) is 18.9 Å². The monoisotopic (exact) mass is 345 g/mol. The first-order chi connectivity index (χ1) is 11.9. The molecule has 0 spiro atoms. The predicted molar refractivity (Wildman–Crippen MR) is 89.1 cm³/mol. The number of carbonyl (C=O) groups excluding carboxylic acids is 1. The van der Waals surface area contributed by atoms with Crippen LogP contribution in [0.1, 0.15) is 11.1 Å². The minimum Gasteiger partial charge on any atom is -0.323 e. The Balaban J connectivity index is 1.82. The van der Waals surface area contributed by atoms with Crippen molar-refractivity contribution in [2.45, 2.75) is 12.7 Å². The van der Waals surface area contributed by atoms with E-state index in [1.165, 1.54) is 18.2 Å². The zero-order valence-electron chi connectivity index (χ0n) is 13.0. The minimum atomic E-state index is -4.34. The van der Waals surface area contributed by atoms with Gasteiger partial charge in [0.25, 0.3) is 0 Å². The van der Waals surface area contributed by atoms with Gasteiger partial charge in [-0.2, -0.15) is 18.3 Å². The number of carbonyl (C=O) groups is 1. The van der Waals surface area contributed by atoms with Gasteiger partial charge >= 0.3 is 6.18 Å². The molecule has 25 heavy (non-hydrogen) atoms. The molecule has 0 fully saturated rings. The van der Waals surface area contributed by atoms with Gasteiger partial charge in [-0.25, -0.2) is 0 Å². The van der Waals surface area contributed by atoms with Crippen LogP contribution in [0.5, 0.6) is 0 Å². The summed E-state index contributed by atoms with van der Waals surface area (Å²) in [4.78, 5) is 11.3. The smallest absolute Gasteiger partial charge is 0.323 e. The van der Waals surface area contributed by atoms with E-state index in [1.54, 1.807) is 29.1 Å². The fourth-order valence-corrected chi connectivity index (χ4v) is 2.46. The second-order valence-corrected chi connectivity index (χ2v) is 5.46. The number of fused-ring (bicyclic) bond motifs is 1. The summed E-state index contributed by atoms with van der Waals surface area (Å²) in [6.07, 6.45) is -1.52. The summed E-state index contributed by atoms with van der Waals surface area (Å²) in [5.41, 5.74) is 1.47. The third kappa shape index (κ3) is 3.71. The zero-order valence-corrected chi connectivity index (χ0v) is 13.0. The Kier molecular flexibility index (Phi) is 4.31. The summed E-state index contributed by atoms with van der Waals surface area (Å²) in [5, 5.41) is 7.74. The number of nitrogens with one attached hydrogen (secondary N) is 1. The zero-order chi connectivity index (χ0) is 18.0. The Hall–Kier alpha value is -3.09. The molecule has 7 heteroatoms. The van der Waals surface area contributed by atoms with Crippen molar-refractivity contribution >= 4 is 22.5 Å². The molecule has 0 atom stereocenters. The molecular formula is C18H14F3N3O. The highest BCUT2D eigenvalue weighted by atomic mass is 19.4. The van der Waals surface area contributed by atoms with Crippen LogP contribution < -0.4 is 5.32 Å². The van der Waals surface area contributed by atoms with Crippen molar-refractivity contribution < 1.29 is 18.0 Å². The van der Waals surface area contributed by atoms with Gasteiger partial charge in [0.15, 0.2) is 0 Å². The quantitative estimate of drug-likeness (QED) is 0.720. The molecule has 128 valence electrons. The summed E-state index contributed by atoms with van der Waals surface area (Å²) in [6.45, 7) is 3.74. The number of amides is 1. The fourth-order valence-electron chi connectivity index (χ4n) is 2.46. The molecule has 0 saturated carbocycles. The summed E-state index contributed by atoms with van der Waals surface area (Å²) in [6, 6.07) is 10.3. The number of nitrogens with zero attached hydrogens (tertiary/aromatic N) is 2. The van der Waals surface area contributed by atoms with Crippen LogP contribution in [0.2, 0.25) is 0 Å². The van der Waals surface area contributed by atoms with Crippen molar-refractivity contribution in [3.8, 4) is 0 Å². The van der Waals surface area contributed by atoms with E-state index in [-0.39, 0.29) is 5.91 Å². The number of aromatic nitrogens is 2. The van der Waals surface area contributed by atoms with Gasteiger partial charge in [0, 0.05) is 11.1 Å². The van der Waals surface area contributed by atoms with E-state index in [9.17, 15) is 18.0 Å². The van der Waals surface area contributed by atoms with Crippen LogP contribution in [0.3, 0.4) is 0 Å². The molecule has 4 nitrogen and oxygen atoms in total. The van der Waals surface area contributed by atoms with Crippen LogP contribution in [0.25, 0.3) is 10.9 Å². The van der Waals surface area contributed by atoms with Crippen molar-refractivity contribution in [1.82, 2.24) is 9.78 Å². The molecule has 0 radical (unpaired) electrons. The lowest BCUT2D eigenvalue weighted by atomic mass is 10.1. The molecule has 0 aliphatic heterocycles. The molecule has 2 aromatic carbocycles. The van der Waals surface area contributed by atoms with Crippen LogP contribution in [0.15, 0.2) is 61.3 Å². The van der Waals surface area contributed by atoms with E-state index in [4.69, 9.17) is 0 Å². The highest BCUT2D eigenvalue weighted by Gasteiger charge is 2.29. The van der Waals surface area contributed by atoms with Crippen molar-refractivity contribution in [2.24, 2.45) is 0 Å². The average Bonchev–Trinajstić information content (AvgIpc) is 2.96. The molecule has 0 aliphatic carbocycles. The van der Waals surface area contributed by atoms with Crippen LogP contribution in [-0.4, -0.2) is 15.7 Å². The molecule has 3 rings (SSSR count). The third-order valence-corrected chi connectivity index (χ3v) is 3.71. The van der Waals surface area contributed by atoms with Crippen LogP contribution in [-0.2, 0) is 17.5 Å². The predicted octanol–water partition coefficient (Wildman–Crippen LogP) is 4.23. The first-order valence-corrected chi connectivity index (χ1v) is 7.42. The lowest BCUT2D eigenvalue weighted by molar-refractivity contribution is -0.137. The van der Waals surface area contributed by atoms with Crippen molar-refractivity contribution in [1.29, 1.82) is 0 Å². The first kappa shape index (κ1) is 16.8. The van der Waals surface area contributed by atoms with Gasteiger partial charge in [-0.3, -0.25) is 9.48 Å². The number of alkyl halides is 3. The van der Waals surface area contributed by atoms with Gasteiger partial charge in [0.05, 0.1) is 23.8 Å². The Morgan fingerprint density at radius 1 is 1.20 bits per heavy atom. The summed E-state index contributed by atoms with van der Waals surface area (Å²) in [7, 11) is 0. The molecule has 1 aromatic heterocycles. The average molecular weight is 345 g/mol. The number of hydrogen-bond donors (Lipinski definition) is 1. The van der Waals surface area contributed by atoms with Gasteiger partial charge < -0.3 is 5.32 Å². The second kappa shape index (κ2) is 6.43. The van der Waals surface area contributed by atoms with E-state index in [0.717, 1.165) is 23.0 Å². The van der Waals surface area contributed by atoms with Crippen LogP contribution in [0, 0.1) is 0 Å². The molecular weight excluding hydrogens is 331 g/mol. The van der Waals surface area contributed by atoms with Gasteiger partial charge in [0.1, 0.15) is 0 Å². The van der Waals surface area contributed by atoms with Crippen molar-refractivity contribution in [2.75, 3.05) is 5.32 Å². The second-order valence-electron chi connectivity index (χ2n) is 5.46. The Morgan fingerprint density at radius 2 is 1.92 bits per heavy atom. The lowest BCUT2D eigenvalue weighted by Gasteiger charge is -2.08. The van der Waals surface area contributed by atoms with Crippen LogP contribution >= 0.6 is 0 Å². The van der Waals surface area contributed by atoms with E-state index in [2.05, 4.69) is 17.0 Å². The Labute approximate surface area is 141 Å². The summed E-state index contributed by atoms with van der Waals surface area (Å²) < 4.78 is 39.5. The number of anilines is 1. The molecule has 1 N–H and O–H groups in total. The topological polar surface area (TPSA) is 46.9 Å². The van der Waals surface area contributed by atoms with Gasteiger partial charge in [0.2, 0.25) is 5.91 Å². The van der Waals surface area contributed by atoms with Crippen molar-refractivity contribution in [3.63, 3.8) is 0 Å². The fraction of sp³-hybridized carbons (Fsp3) is 0.111. The molecule has 1 heterocycles. The normalized spacial score (nSPS) is 11.5. The molecule has 0 unspecified atom stereocenters. The number of benzene rings is 2. The highest BCUT2D eigenvalue weighted by molar-refractivity contribution is 6.00. The van der Waals surface area contributed by atoms with E-state index in [1.807, 2.05) is 0 Å². The maximum absolute atomic E-state index is 12.6. The van der Waals surface area contributed by atoms with E-state index in [0.29, 0.717) is 17.8 Å². The molecule has 1 amide bonds. The van der Waals surface area contributed by atoms with Crippen molar-refractivity contribution in [3.05, 3.63) is 72.4 Å². The van der Waals surface area contributed by atoms with E-state index >= 15 is 0 Å².